The number of ketones is 1. The average molecular weight is 627 g/mol. The van der Waals surface area contributed by atoms with Gasteiger partial charge in [-0.2, -0.15) is 0 Å². The van der Waals surface area contributed by atoms with Crippen molar-refractivity contribution >= 4 is 28.9 Å². The van der Waals surface area contributed by atoms with E-state index in [9.17, 15) is 14.4 Å². The van der Waals surface area contributed by atoms with E-state index < -0.39 is 0 Å². The van der Waals surface area contributed by atoms with Crippen LogP contribution >= 0.6 is 11.3 Å². The number of amides is 2. The Balaban J connectivity index is 1.13. The van der Waals surface area contributed by atoms with Crippen LogP contribution in [0.15, 0.2) is 36.4 Å². The van der Waals surface area contributed by atoms with Crippen LogP contribution in [0.4, 0.5) is 0 Å². The standard InChI is InChI=1S/C36H42N4O4S/c1-21(2)34-37-38-35(45-34)24-9-13-29(14-10-24)44-32-18-30-26(16-25(32)8-7-23-6-4-5-22(3)15-31(23)41)19-40(36(30)43)28-17-33(42)39(20-28)27-11-12-27/h9-10,13-14,16,18,21-23,27-28H,4-8,11-12,15,17,19-20H2,1-3H3. The zero-order chi connectivity index (χ0) is 31.2. The van der Waals surface area contributed by atoms with Crippen molar-refractivity contribution in [2.24, 2.45) is 11.8 Å². The molecule has 3 unspecified atom stereocenters. The predicted molar refractivity (Wildman–Crippen MR) is 173 cm³/mol. The Morgan fingerprint density at radius 2 is 1.76 bits per heavy atom. The first-order chi connectivity index (χ1) is 21.7. The van der Waals surface area contributed by atoms with Crippen LogP contribution in [-0.4, -0.2) is 56.2 Å². The van der Waals surface area contributed by atoms with Crippen molar-refractivity contribution in [2.45, 2.75) is 103 Å². The van der Waals surface area contributed by atoms with E-state index in [1.54, 1.807) is 11.3 Å². The molecule has 3 aromatic rings. The highest BCUT2D eigenvalue weighted by atomic mass is 32.1. The number of aryl methyl sites for hydroxylation is 1. The second-order valence-electron chi connectivity index (χ2n) is 13.9. The zero-order valence-electron chi connectivity index (χ0n) is 26.5. The van der Waals surface area contributed by atoms with Crippen molar-refractivity contribution in [3.05, 3.63) is 58.1 Å². The number of fused-ring (bicyclic) bond motifs is 1. The molecule has 1 aromatic heterocycles. The summed E-state index contributed by atoms with van der Waals surface area (Å²) in [5.74, 6) is 2.70. The fourth-order valence-corrected chi connectivity index (χ4v) is 8.01. The van der Waals surface area contributed by atoms with Crippen LogP contribution in [0.2, 0.25) is 0 Å². The van der Waals surface area contributed by atoms with E-state index in [0.29, 0.717) is 73.1 Å². The van der Waals surface area contributed by atoms with Gasteiger partial charge in [0, 0.05) is 54.9 Å². The lowest BCUT2D eigenvalue weighted by atomic mass is 9.90. The lowest BCUT2D eigenvalue weighted by Crippen LogP contribution is -2.38. The van der Waals surface area contributed by atoms with Crippen molar-refractivity contribution in [1.82, 2.24) is 20.0 Å². The van der Waals surface area contributed by atoms with Gasteiger partial charge in [-0.25, -0.2) is 0 Å². The lowest BCUT2D eigenvalue weighted by molar-refractivity contribution is -0.128. The van der Waals surface area contributed by atoms with E-state index in [4.69, 9.17) is 4.74 Å². The Morgan fingerprint density at radius 3 is 2.49 bits per heavy atom. The maximum atomic E-state index is 13.8. The number of carbonyl (C=O) groups excluding carboxylic acids is 3. The van der Waals surface area contributed by atoms with Gasteiger partial charge in [-0.05, 0) is 85.5 Å². The van der Waals surface area contributed by atoms with E-state index in [1.165, 1.54) is 0 Å². The molecule has 236 valence electrons. The molecule has 45 heavy (non-hydrogen) atoms. The minimum atomic E-state index is -0.0967. The molecule has 2 amide bonds. The highest BCUT2D eigenvalue weighted by Gasteiger charge is 2.44. The molecule has 0 spiro atoms. The number of aromatic nitrogens is 2. The van der Waals surface area contributed by atoms with Crippen molar-refractivity contribution in [1.29, 1.82) is 0 Å². The van der Waals surface area contributed by atoms with Crippen molar-refractivity contribution in [3.8, 4) is 22.1 Å². The van der Waals surface area contributed by atoms with Gasteiger partial charge in [-0.3, -0.25) is 14.4 Å². The molecule has 3 heterocycles. The van der Waals surface area contributed by atoms with E-state index in [-0.39, 0.29) is 23.8 Å². The second-order valence-corrected chi connectivity index (χ2v) is 14.9. The first kappa shape index (κ1) is 30.1. The van der Waals surface area contributed by atoms with E-state index in [2.05, 4.69) is 37.0 Å². The summed E-state index contributed by atoms with van der Waals surface area (Å²) in [6.07, 6.45) is 7.83. The van der Waals surface area contributed by atoms with Crippen LogP contribution in [0.25, 0.3) is 10.6 Å². The van der Waals surface area contributed by atoms with Gasteiger partial charge in [0.05, 0.1) is 6.04 Å². The third-order valence-corrected chi connectivity index (χ3v) is 11.2. The maximum absolute atomic E-state index is 13.8. The topological polar surface area (TPSA) is 92.7 Å². The quantitative estimate of drug-likeness (QED) is 0.234. The largest absolute Gasteiger partial charge is 0.457 e. The predicted octanol–water partition coefficient (Wildman–Crippen LogP) is 7.17. The van der Waals surface area contributed by atoms with Crippen LogP contribution in [0, 0.1) is 11.8 Å². The minimum Gasteiger partial charge on any atom is -0.457 e. The molecule has 2 aromatic carbocycles. The van der Waals surface area contributed by atoms with Gasteiger partial charge in [-0.15, -0.1) is 10.2 Å². The fraction of sp³-hybridized carbons (Fsp3) is 0.528. The van der Waals surface area contributed by atoms with E-state index in [0.717, 1.165) is 65.2 Å². The highest BCUT2D eigenvalue weighted by molar-refractivity contribution is 7.14. The Morgan fingerprint density at radius 1 is 0.956 bits per heavy atom. The summed E-state index contributed by atoms with van der Waals surface area (Å²) < 4.78 is 6.51. The number of likely N-dealkylation sites (tertiary alicyclic amines) is 1. The molecular formula is C36H42N4O4S. The highest BCUT2D eigenvalue weighted by Crippen LogP contribution is 2.39. The summed E-state index contributed by atoms with van der Waals surface area (Å²) >= 11 is 1.60. The van der Waals surface area contributed by atoms with Crippen LogP contribution in [0.1, 0.15) is 105 Å². The van der Waals surface area contributed by atoms with E-state index in [1.807, 2.05) is 40.1 Å². The summed E-state index contributed by atoms with van der Waals surface area (Å²) in [4.78, 5) is 43.3. The Labute approximate surface area is 269 Å². The number of hydrogen-bond acceptors (Lipinski definition) is 7. The summed E-state index contributed by atoms with van der Waals surface area (Å²) in [5, 5.41) is 10.6. The van der Waals surface area contributed by atoms with Crippen molar-refractivity contribution in [2.75, 3.05) is 6.54 Å². The minimum absolute atomic E-state index is 0.0302. The summed E-state index contributed by atoms with van der Waals surface area (Å²) in [6, 6.07) is 12.1. The van der Waals surface area contributed by atoms with Gasteiger partial charge in [-0.1, -0.05) is 44.9 Å². The molecule has 9 heteroatoms. The zero-order valence-corrected chi connectivity index (χ0v) is 27.3. The number of nitrogens with zero attached hydrogens (tertiary/aromatic N) is 4. The molecule has 0 N–H and O–H groups in total. The number of Topliss-reactive ketones (excluding diaryl/α,β-unsaturated/α-hetero) is 1. The summed E-state index contributed by atoms with van der Waals surface area (Å²) in [6.45, 7) is 7.54. The lowest BCUT2D eigenvalue weighted by Gasteiger charge is -2.23. The van der Waals surface area contributed by atoms with E-state index >= 15 is 0 Å². The smallest absolute Gasteiger partial charge is 0.254 e. The monoisotopic (exact) mass is 626 g/mol. The number of rotatable bonds is 9. The SMILES string of the molecule is CC1CCCC(CCc2cc3c(cc2Oc2ccc(-c4nnc(C(C)C)s4)cc2)C(=O)N(C2CC(=O)N(C4CC4)C2)C3)C(=O)C1. The fourth-order valence-electron chi connectivity index (χ4n) is 7.16. The summed E-state index contributed by atoms with van der Waals surface area (Å²) in [5.41, 5.74) is 3.63. The van der Waals surface area contributed by atoms with Gasteiger partial charge in [0.25, 0.3) is 5.91 Å². The van der Waals surface area contributed by atoms with Gasteiger partial charge in [0.2, 0.25) is 5.91 Å². The molecule has 0 bridgehead atoms. The number of benzene rings is 2. The molecular weight excluding hydrogens is 584 g/mol. The number of ether oxygens (including phenoxy) is 1. The second kappa shape index (κ2) is 12.3. The molecule has 4 aliphatic rings. The Kier molecular flexibility index (Phi) is 8.23. The van der Waals surface area contributed by atoms with Gasteiger partial charge in [0.15, 0.2) is 0 Å². The average Bonchev–Trinajstić information content (AvgIpc) is 3.51. The van der Waals surface area contributed by atoms with Crippen LogP contribution in [0.5, 0.6) is 11.5 Å². The molecule has 2 aliphatic carbocycles. The molecule has 2 saturated carbocycles. The van der Waals surface area contributed by atoms with Crippen LogP contribution in [0.3, 0.4) is 0 Å². The van der Waals surface area contributed by atoms with Crippen LogP contribution in [-0.2, 0) is 22.6 Å². The molecule has 1 saturated heterocycles. The molecule has 8 nitrogen and oxygen atoms in total. The summed E-state index contributed by atoms with van der Waals surface area (Å²) in [7, 11) is 0. The van der Waals surface area contributed by atoms with Gasteiger partial charge >= 0.3 is 0 Å². The van der Waals surface area contributed by atoms with Gasteiger partial charge in [0.1, 0.15) is 27.3 Å². The van der Waals surface area contributed by atoms with Gasteiger partial charge < -0.3 is 14.5 Å². The molecule has 7 rings (SSSR count). The first-order valence-electron chi connectivity index (χ1n) is 16.6. The van der Waals surface area contributed by atoms with Crippen LogP contribution < -0.4 is 4.74 Å². The molecule has 3 fully saturated rings. The molecule has 3 atom stereocenters. The normalized spacial score (nSPS) is 23.6. The maximum Gasteiger partial charge on any atom is 0.254 e. The molecule has 0 radical (unpaired) electrons. The third kappa shape index (κ3) is 6.28. The van der Waals surface area contributed by atoms with Crippen molar-refractivity contribution < 1.29 is 19.1 Å². The Hall–Kier alpha value is -3.59. The number of hydrogen-bond donors (Lipinski definition) is 0. The first-order valence-corrected chi connectivity index (χ1v) is 17.5. The third-order valence-electron chi connectivity index (χ3n) is 9.96. The number of carbonyl (C=O) groups is 3. The molecule has 2 aliphatic heterocycles. The van der Waals surface area contributed by atoms with Crippen molar-refractivity contribution in [3.63, 3.8) is 0 Å². The Bertz CT molecular complexity index is 1610.